The topological polar surface area (TPSA) is 108 Å². The predicted octanol–water partition coefficient (Wildman–Crippen LogP) is 2.53. The minimum atomic E-state index is -0.874. The first-order chi connectivity index (χ1) is 16.4. The van der Waals surface area contributed by atoms with Crippen molar-refractivity contribution in [2.75, 3.05) is 18.0 Å². The molecule has 9 nitrogen and oxygen atoms in total. The van der Waals surface area contributed by atoms with E-state index in [4.69, 9.17) is 0 Å². The third kappa shape index (κ3) is 3.39. The number of likely N-dealkylation sites (tertiary alicyclic amines) is 1. The van der Waals surface area contributed by atoms with Gasteiger partial charge in [0.2, 0.25) is 0 Å². The molecule has 2 bridgehead atoms. The molecule has 2 aromatic carbocycles. The Kier molecular flexibility index (Phi) is 4.62. The van der Waals surface area contributed by atoms with E-state index in [1.165, 1.54) is 15.8 Å². The second kappa shape index (κ2) is 7.58. The minimum absolute atomic E-state index is 0.0177. The molecule has 0 spiro atoms. The van der Waals surface area contributed by atoms with Crippen LogP contribution in [0.25, 0.3) is 16.6 Å². The molecule has 9 heteroatoms. The second-order valence-electron chi connectivity index (χ2n) is 9.50. The van der Waals surface area contributed by atoms with Crippen LogP contribution in [0.15, 0.2) is 47.5 Å². The van der Waals surface area contributed by atoms with Crippen molar-refractivity contribution in [1.82, 2.24) is 19.8 Å². The normalized spacial score (nSPS) is 21.3. The molecule has 1 aromatic heterocycles. The summed E-state index contributed by atoms with van der Waals surface area (Å²) in [5.74, 6) is -0.132. The van der Waals surface area contributed by atoms with Crippen molar-refractivity contribution in [1.29, 1.82) is 0 Å². The zero-order chi connectivity index (χ0) is 23.6. The summed E-state index contributed by atoms with van der Waals surface area (Å²) >= 11 is 0. The van der Waals surface area contributed by atoms with E-state index in [0.29, 0.717) is 35.2 Å². The van der Waals surface area contributed by atoms with E-state index in [-0.39, 0.29) is 29.6 Å². The van der Waals surface area contributed by atoms with Gasteiger partial charge >= 0.3 is 6.09 Å². The van der Waals surface area contributed by atoms with Gasteiger partial charge in [-0.05, 0) is 62.1 Å². The molecule has 2 N–H and O–H groups in total. The highest BCUT2D eigenvalue weighted by Crippen LogP contribution is 2.35. The summed E-state index contributed by atoms with van der Waals surface area (Å²) in [4.78, 5) is 45.7. The van der Waals surface area contributed by atoms with E-state index < -0.39 is 6.09 Å². The lowest BCUT2D eigenvalue weighted by atomic mass is 10.1. The standard InChI is InChI=1S/C25H25N5O4/c1-14-2-3-15(23(31)27-16-4-5-16)8-22(14)30-13-26-21-7-6-17(10-20(21)24(30)32)28-11-19-9-18(28)12-29(19)25(33)34/h2-3,6-8,10,13,16,18-19H,4-5,9,11-12H2,1H3,(H,27,31)(H,33,34). The van der Waals surface area contributed by atoms with E-state index in [1.807, 2.05) is 31.2 Å². The first-order valence-electron chi connectivity index (χ1n) is 11.6. The van der Waals surface area contributed by atoms with Gasteiger partial charge in [-0.25, -0.2) is 9.78 Å². The number of rotatable bonds is 4. The summed E-state index contributed by atoms with van der Waals surface area (Å²) in [6.07, 6.45) is 3.46. The first-order valence-corrected chi connectivity index (χ1v) is 11.6. The van der Waals surface area contributed by atoms with Crippen LogP contribution in [-0.4, -0.2) is 62.8 Å². The van der Waals surface area contributed by atoms with Crippen molar-refractivity contribution in [2.24, 2.45) is 0 Å². The number of hydrogen-bond acceptors (Lipinski definition) is 5. The van der Waals surface area contributed by atoms with E-state index in [2.05, 4.69) is 15.2 Å². The molecule has 1 aliphatic carbocycles. The van der Waals surface area contributed by atoms with Crippen molar-refractivity contribution in [2.45, 2.75) is 44.3 Å². The van der Waals surface area contributed by atoms with Crippen LogP contribution in [0.4, 0.5) is 10.5 Å². The highest BCUT2D eigenvalue weighted by atomic mass is 16.4. The summed E-state index contributed by atoms with van der Waals surface area (Å²) in [7, 11) is 0. The molecule has 2 unspecified atom stereocenters. The number of piperazine rings is 1. The van der Waals surface area contributed by atoms with Crippen molar-refractivity contribution < 1.29 is 14.7 Å². The SMILES string of the molecule is Cc1ccc(C(=O)NC2CC2)cc1-n1cnc2ccc(N3CC4CC3CN4C(=O)O)cc2c1=O. The quantitative estimate of drug-likeness (QED) is 0.621. The maximum atomic E-state index is 13.5. The zero-order valence-corrected chi connectivity index (χ0v) is 18.8. The zero-order valence-electron chi connectivity index (χ0n) is 18.8. The number of carbonyl (C=O) groups excluding carboxylic acids is 1. The number of aromatic nitrogens is 2. The summed E-state index contributed by atoms with van der Waals surface area (Å²) < 4.78 is 1.50. The molecule has 3 fully saturated rings. The summed E-state index contributed by atoms with van der Waals surface area (Å²) in [6.45, 7) is 3.00. The molecule has 2 saturated heterocycles. The van der Waals surface area contributed by atoms with Crippen molar-refractivity contribution in [3.8, 4) is 5.69 Å². The molecule has 2 aliphatic heterocycles. The van der Waals surface area contributed by atoms with Crippen LogP contribution in [0.1, 0.15) is 35.2 Å². The van der Waals surface area contributed by atoms with Gasteiger partial charge in [0.15, 0.2) is 0 Å². The maximum Gasteiger partial charge on any atom is 0.407 e. The Morgan fingerprint density at radius 2 is 1.91 bits per heavy atom. The molecule has 3 heterocycles. The van der Waals surface area contributed by atoms with Crippen LogP contribution in [0.3, 0.4) is 0 Å². The summed E-state index contributed by atoms with van der Waals surface area (Å²) in [5.41, 5.74) is 3.31. The molecule has 1 saturated carbocycles. The van der Waals surface area contributed by atoms with Crippen LogP contribution in [-0.2, 0) is 0 Å². The molecule has 34 heavy (non-hydrogen) atoms. The van der Waals surface area contributed by atoms with E-state index in [0.717, 1.165) is 30.5 Å². The average molecular weight is 460 g/mol. The highest BCUT2D eigenvalue weighted by Gasteiger charge is 2.45. The Labute approximate surface area is 195 Å². The Morgan fingerprint density at radius 3 is 2.62 bits per heavy atom. The monoisotopic (exact) mass is 459 g/mol. The van der Waals surface area contributed by atoms with Crippen LogP contribution < -0.4 is 15.8 Å². The highest BCUT2D eigenvalue weighted by molar-refractivity contribution is 5.95. The van der Waals surface area contributed by atoms with Gasteiger partial charge in [-0.3, -0.25) is 14.2 Å². The maximum absolute atomic E-state index is 13.5. The van der Waals surface area contributed by atoms with Crippen molar-refractivity contribution >= 4 is 28.6 Å². The molecular formula is C25H25N5O4. The summed E-state index contributed by atoms with van der Waals surface area (Å²) in [6, 6.07) is 11.3. The van der Waals surface area contributed by atoms with Crippen molar-refractivity contribution in [3.05, 3.63) is 64.2 Å². The smallest absolute Gasteiger partial charge is 0.407 e. The van der Waals surface area contributed by atoms with Crippen LogP contribution >= 0.6 is 0 Å². The summed E-state index contributed by atoms with van der Waals surface area (Å²) in [5, 5.41) is 12.8. The number of amides is 2. The van der Waals surface area contributed by atoms with Crippen molar-refractivity contribution in [3.63, 3.8) is 0 Å². The molecule has 0 radical (unpaired) electrons. The Bertz CT molecular complexity index is 1400. The number of carbonyl (C=O) groups is 2. The fraction of sp³-hybridized carbons (Fsp3) is 0.360. The van der Waals surface area contributed by atoms with Crippen LogP contribution in [0, 0.1) is 6.92 Å². The third-order valence-corrected chi connectivity index (χ3v) is 7.20. The van der Waals surface area contributed by atoms with Gasteiger partial charge in [0.05, 0.1) is 22.6 Å². The van der Waals surface area contributed by atoms with Gasteiger partial charge in [0.25, 0.3) is 11.5 Å². The molecule has 3 aromatic rings. The van der Waals surface area contributed by atoms with E-state index in [1.54, 1.807) is 12.1 Å². The fourth-order valence-electron chi connectivity index (χ4n) is 5.18. The average Bonchev–Trinajstić information content (AvgIpc) is 3.40. The van der Waals surface area contributed by atoms with Gasteiger partial charge in [-0.1, -0.05) is 6.07 Å². The van der Waals surface area contributed by atoms with Crippen LogP contribution in [0.2, 0.25) is 0 Å². The molecule has 6 rings (SSSR count). The molecule has 174 valence electrons. The number of nitrogens with one attached hydrogen (secondary N) is 1. The first kappa shape index (κ1) is 20.7. The number of aryl methyl sites for hydroxylation is 1. The van der Waals surface area contributed by atoms with Gasteiger partial charge in [-0.15, -0.1) is 0 Å². The van der Waals surface area contributed by atoms with Gasteiger partial charge in [0.1, 0.15) is 6.33 Å². The predicted molar refractivity (Wildman–Crippen MR) is 127 cm³/mol. The van der Waals surface area contributed by atoms with Gasteiger partial charge in [0, 0.05) is 36.4 Å². The number of benzene rings is 2. The lowest BCUT2D eigenvalue weighted by Crippen LogP contribution is -2.48. The van der Waals surface area contributed by atoms with Gasteiger partial charge < -0.3 is 20.2 Å². The largest absolute Gasteiger partial charge is 0.465 e. The van der Waals surface area contributed by atoms with Gasteiger partial charge in [-0.2, -0.15) is 0 Å². The Morgan fingerprint density at radius 1 is 1.09 bits per heavy atom. The number of carboxylic acid groups (broad SMARTS) is 1. The molecular weight excluding hydrogens is 434 g/mol. The second-order valence-corrected chi connectivity index (χ2v) is 9.50. The lowest BCUT2D eigenvalue weighted by Gasteiger charge is -2.34. The number of hydrogen-bond donors (Lipinski definition) is 2. The van der Waals surface area contributed by atoms with Crippen LogP contribution in [0.5, 0.6) is 0 Å². The van der Waals surface area contributed by atoms with E-state index >= 15 is 0 Å². The third-order valence-electron chi connectivity index (χ3n) is 7.20. The lowest BCUT2D eigenvalue weighted by molar-refractivity contribution is 0.0951. The number of anilines is 1. The molecule has 3 aliphatic rings. The Hall–Kier alpha value is -3.88. The van der Waals surface area contributed by atoms with E-state index in [9.17, 15) is 19.5 Å². The minimum Gasteiger partial charge on any atom is -0.465 e. The number of fused-ring (bicyclic) bond motifs is 3. The Balaban J connectivity index is 1.36. The molecule has 2 amide bonds. The fourth-order valence-corrected chi connectivity index (χ4v) is 5.18. The molecule has 2 atom stereocenters. The number of nitrogens with zero attached hydrogens (tertiary/aromatic N) is 4.